The minimum atomic E-state index is -4.14. The fraction of sp³-hybridized carbons (Fsp3) is 0.118. The molecule has 2 aromatic carbocycles. The zero-order valence-corrected chi connectivity index (χ0v) is 15.9. The second-order valence-corrected chi connectivity index (χ2v) is 7.42. The number of urea groups is 1. The van der Waals surface area contributed by atoms with E-state index in [1.165, 1.54) is 6.07 Å². The monoisotopic (exact) mass is 425 g/mol. The quantitative estimate of drug-likeness (QED) is 0.592. The number of esters is 1. The normalized spacial score (nSPS) is 10.8. The molecule has 0 aliphatic carbocycles. The highest BCUT2D eigenvalue weighted by Crippen LogP contribution is 2.21. The van der Waals surface area contributed by atoms with Crippen molar-refractivity contribution < 1.29 is 27.5 Å². The Bertz CT molecular complexity index is 995. The van der Waals surface area contributed by atoms with Crippen LogP contribution in [-0.4, -0.2) is 32.9 Å². The van der Waals surface area contributed by atoms with Crippen LogP contribution in [0.15, 0.2) is 53.4 Å². The van der Waals surface area contributed by atoms with Crippen LogP contribution in [0.3, 0.4) is 0 Å². The first kappa shape index (κ1) is 21.4. The highest BCUT2D eigenvalue weighted by atomic mass is 35.5. The number of hydrogen-bond acceptors (Lipinski definition) is 6. The second kappa shape index (κ2) is 9.31. The molecule has 0 bridgehead atoms. The van der Waals surface area contributed by atoms with Crippen LogP contribution in [0, 0.1) is 0 Å². The molecule has 28 heavy (non-hydrogen) atoms. The Morgan fingerprint density at radius 1 is 1.07 bits per heavy atom. The lowest BCUT2D eigenvalue weighted by molar-refractivity contribution is -0.123. The number of benzene rings is 2. The number of amides is 3. The van der Waals surface area contributed by atoms with Crippen LogP contribution in [0.2, 0.25) is 5.02 Å². The van der Waals surface area contributed by atoms with Crippen molar-refractivity contribution in [1.29, 1.82) is 0 Å². The molecule has 4 N–H and O–H groups in total. The lowest BCUT2D eigenvalue weighted by Crippen LogP contribution is -2.41. The van der Waals surface area contributed by atoms with Crippen LogP contribution in [-0.2, 0) is 26.1 Å². The van der Waals surface area contributed by atoms with E-state index in [1.54, 1.807) is 24.3 Å². The van der Waals surface area contributed by atoms with Gasteiger partial charge in [-0.2, -0.15) is 0 Å². The topological polar surface area (TPSA) is 145 Å². The molecule has 2 aromatic rings. The molecule has 11 heteroatoms. The van der Waals surface area contributed by atoms with Gasteiger partial charge >= 0.3 is 12.0 Å². The van der Waals surface area contributed by atoms with Gasteiger partial charge in [0.25, 0.3) is 5.91 Å². The van der Waals surface area contributed by atoms with Crippen molar-refractivity contribution in [3.8, 4) is 0 Å². The summed E-state index contributed by atoms with van der Waals surface area (Å²) in [5.74, 6) is -1.85. The van der Waals surface area contributed by atoms with Gasteiger partial charge in [-0.15, -0.1) is 0 Å². The van der Waals surface area contributed by atoms with Gasteiger partial charge in [0.15, 0.2) is 6.61 Å². The van der Waals surface area contributed by atoms with Gasteiger partial charge in [-0.1, -0.05) is 41.9 Å². The van der Waals surface area contributed by atoms with Crippen LogP contribution in [0.5, 0.6) is 0 Å². The average molecular weight is 426 g/mol. The molecule has 0 saturated carbocycles. The van der Waals surface area contributed by atoms with Crippen LogP contribution in [0.4, 0.5) is 4.79 Å². The maximum absolute atomic E-state index is 12.0. The molecule has 0 unspecified atom stereocenters. The van der Waals surface area contributed by atoms with Gasteiger partial charge in [-0.25, -0.2) is 23.1 Å². The van der Waals surface area contributed by atoms with Crippen LogP contribution >= 0.6 is 11.6 Å². The fourth-order valence-electron chi connectivity index (χ4n) is 2.05. The molecule has 0 fully saturated rings. The molecule has 2 rings (SSSR count). The van der Waals surface area contributed by atoms with Crippen molar-refractivity contribution in [3.63, 3.8) is 0 Å². The van der Waals surface area contributed by atoms with E-state index < -0.39 is 39.4 Å². The van der Waals surface area contributed by atoms with Gasteiger partial charge in [0.05, 0.1) is 10.6 Å². The maximum atomic E-state index is 12.0. The number of hydrogen-bond donors (Lipinski definition) is 3. The molecule has 9 nitrogen and oxygen atoms in total. The summed E-state index contributed by atoms with van der Waals surface area (Å²) in [5.41, 5.74) is 0.666. The second-order valence-electron chi connectivity index (χ2n) is 5.48. The van der Waals surface area contributed by atoms with E-state index in [0.717, 1.165) is 17.7 Å². The summed E-state index contributed by atoms with van der Waals surface area (Å²) in [6, 6.07) is 11.6. The molecular formula is C17H16ClN3O6S. The predicted octanol–water partition coefficient (Wildman–Crippen LogP) is 1.17. The van der Waals surface area contributed by atoms with Gasteiger partial charge in [-0.3, -0.25) is 10.1 Å². The van der Waals surface area contributed by atoms with Crippen LogP contribution < -0.4 is 15.8 Å². The minimum Gasteiger partial charge on any atom is -0.452 e. The summed E-state index contributed by atoms with van der Waals surface area (Å²) in [5, 5.41) is 9.31. The first-order valence-corrected chi connectivity index (χ1v) is 9.70. The number of nitrogens with one attached hydrogen (secondary N) is 2. The van der Waals surface area contributed by atoms with Gasteiger partial charge in [-0.05, 0) is 23.8 Å². The van der Waals surface area contributed by atoms with Crippen molar-refractivity contribution in [3.05, 3.63) is 64.7 Å². The summed E-state index contributed by atoms with van der Waals surface area (Å²) in [4.78, 5) is 34.9. The number of rotatable bonds is 6. The van der Waals surface area contributed by atoms with Crippen LogP contribution in [0.1, 0.15) is 15.9 Å². The summed E-state index contributed by atoms with van der Waals surface area (Å²) >= 11 is 5.72. The number of halogens is 1. The molecule has 3 amide bonds. The average Bonchev–Trinajstić information content (AvgIpc) is 2.64. The third kappa shape index (κ3) is 6.34. The molecular weight excluding hydrogens is 410 g/mol. The molecule has 0 aliphatic heterocycles. The molecule has 0 atom stereocenters. The number of imide groups is 1. The number of carbonyl (C=O) groups is 3. The SMILES string of the molecule is NS(=O)(=O)c1cc(C(=O)OCC(=O)NC(=O)NCc2ccccc2)ccc1Cl. The Labute approximate surface area is 165 Å². The summed E-state index contributed by atoms with van der Waals surface area (Å²) in [7, 11) is -4.14. The van der Waals surface area contributed by atoms with Crippen molar-refractivity contribution in [2.45, 2.75) is 11.4 Å². The largest absolute Gasteiger partial charge is 0.452 e. The molecule has 0 saturated heterocycles. The van der Waals surface area contributed by atoms with Gasteiger partial charge in [0.2, 0.25) is 10.0 Å². The summed E-state index contributed by atoms with van der Waals surface area (Å²) in [6.45, 7) is -0.536. The Kier molecular flexibility index (Phi) is 7.10. The van der Waals surface area contributed by atoms with Crippen LogP contribution in [0.25, 0.3) is 0 Å². The third-order valence-electron chi connectivity index (χ3n) is 3.36. The van der Waals surface area contributed by atoms with Crippen molar-refractivity contribution >= 4 is 39.5 Å². The van der Waals surface area contributed by atoms with Gasteiger partial charge in [0.1, 0.15) is 4.90 Å². The Hall–Kier alpha value is -2.95. The number of primary sulfonamides is 1. The van der Waals surface area contributed by atoms with Crippen molar-refractivity contribution in [1.82, 2.24) is 10.6 Å². The van der Waals surface area contributed by atoms with E-state index >= 15 is 0 Å². The molecule has 0 spiro atoms. The smallest absolute Gasteiger partial charge is 0.338 e. The highest BCUT2D eigenvalue weighted by molar-refractivity contribution is 7.89. The third-order valence-corrected chi connectivity index (χ3v) is 4.75. The van der Waals surface area contributed by atoms with E-state index in [9.17, 15) is 22.8 Å². The zero-order valence-electron chi connectivity index (χ0n) is 14.3. The number of nitrogens with two attached hydrogens (primary N) is 1. The fourth-order valence-corrected chi connectivity index (χ4v) is 3.12. The van der Waals surface area contributed by atoms with E-state index in [2.05, 4.69) is 5.32 Å². The van der Waals surface area contributed by atoms with E-state index in [0.29, 0.717) is 0 Å². The predicted molar refractivity (Wildman–Crippen MR) is 99.9 cm³/mol. The van der Waals surface area contributed by atoms with E-state index in [-0.39, 0.29) is 17.1 Å². The first-order valence-electron chi connectivity index (χ1n) is 7.78. The molecule has 148 valence electrons. The van der Waals surface area contributed by atoms with Gasteiger partial charge < -0.3 is 10.1 Å². The van der Waals surface area contributed by atoms with Gasteiger partial charge in [0, 0.05) is 6.54 Å². The standard InChI is InChI=1S/C17H16ClN3O6S/c18-13-7-6-12(8-14(13)28(19,25)26)16(23)27-10-15(22)21-17(24)20-9-11-4-2-1-3-5-11/h1-8H,9-10H2,(H2,19,25,26)(H2,20,21,22,24). The molecule has 0 radical (unpaired) electrons. The highest BCUT2D eigenvalue weighted by Gasteiger charge is 2.18. The summed E-state index contributed by atoms with van der Waals surface area (Å²) < 4.78 is 27.6. The lowest BCUT2D eigenvalue weighted by atomic mass is 10.2. The zero-order chi connectivity index (χ0) is 20.7. The molecule has 0 heterocycles. The first-order chi connectivity index (χ1) is 13.2. The molecule has 0 aliphatic rings. The van der Waals surface area contributed by atoms with E-state index in [1.807, 2.05) is 11.4 Å². The Morgan fingerprint density at radius 3 is 2.39 bits per heavy atom. The maximum Gasteiger partial charge on any atom is 0.338 e. The summed E-state index contributed by atoms with van der Waals surface area (Å²) in [6.07, 6.45) is 0. The number of sulfonamides is 1. The van der Waals surface area contributed by atoms with Crippen molar-refractivity contribution in [2.75, 3.05) is 6.61 Å². The molecule has 0 aromatic heterocycles. The Morgan fingerprint density at radius 2 is 1.75 bits per heavy atom. The van der Waals surface area contributed by atoms with E-state index in [4.69, 9.17) is 21.5 Å². The number of carbonyl (C=O) groups excluding carboxylic acids is 3. The Balaban J connectivity index is 1.85. The minimum absolute atomic E-state index is 0.160. The number of ether oxygens (including phenoxy) is 1. The van der Waals surface area contributed by atoms with Crippen molar-refractivity contribution in [2.24, 2.45) is 5.14 Å². The lowest BCUT2D eigenvalue weighted by Gasteiger charge is -2.08.